The minimum Gasteiger partial charge on any atom is -0.310 e. The van der Waals surface area contributed by atoms with Crippen LogP contribution in [0, 0.1) is 26.7 Å². The predicted molar refractivity (Wildman–Crippen MR) is 65.2 cm³/mol. The molecule has 0 spiro atoms. The van der Waals surface area contributed by atoms with E-state index in [4.69, 9.17) is 0 Å². The van der Waals surface area contributed by atoms with Crippen LogP contribution in [0.1, 0.15) is 41.6 Å². The second-order valence-electron chi connectivity index (χ2n) is 5.09. The van der Waals surface area contributed by atoms with Crippen molar-refractivity contribution in [3.05, 3.63) is 34.4 Å². The molecule has 0 aliphatic carbocycles. The fraction of sp³-hybridized carbons (Fsp3) is 0.571. The average molecular weight is 203 g/mol. The van der Waals surface area contributed by atoms with Crippen molar-refractivity contribution in [2.75, 3.05) is 6.54 Å². The summed E-state index contributed by atoms with van der Waals surface area (Å²) in [6, 6.07) is 5.26. The summed E-state index contributed by atoms with van der Waals surface area (Å²) in [6.45, 7) is 10.1. The Bertz CT molecular complexity index is 368. The molecular formula is C14H21N. The minimum atomic E-state index is 0.583. The van der Waals surface area contributed by atoms with Gasteiger partial charge in [0.1, 0.15) is 0 Å². The van der Waals surface area contributed by atoms with Gasteiger partial charge in [0.05, 0.1) is 0 Å². The second kappa shape index (κ2) is 3.97. The molecule has 2 atom stereocenters. The van der Waals surface area contributed by atoms with E-state index in [0.717, 1.165) is 12.5 Å². The first-order valence-electron chi connectivity index (χ1n) is 5.89. The van der Waals surface area contributed by atoms with E-state index in [9.17, 15) is 0 Å². The Balaban J connectivity index is 2.32. The molecule has 1 fully saturated rings. The van der Waals surface area contributed by atoms with E-state index in [1.54, 1.807) is 0 Å². The molecule has 0 saturated carbocycles. The zero-order chi connectivity index (χ0) is 11.0. The first kappa shape index (κ1) is 10.7. The van der Waals surface area contributed by atoms with Gasteiger partial charge in [-0.1, -0.05) is 19.1 Å². The van der Waals surface area contributed by atoms with E-state index in [0.29, 0.717) is 6.04 Å². The van der Waals surface area contributed by atoms with Crippen LogP contribution in [-0.4, -0.2) is 6.54 Å². The van der Waals surface area contributed by atoms with Gasteiger partial charge in [0.25, 0.3) is 0 Å². The number of benzene rings is 1. The fourth-order valence-electron chi connectivity index (χ4n) is 2.51. The van der Waals surface area contributed by atoms with Gasteiger partial charge in [-0.15, -0.1) is 0 Å². The maximum absolute atomic E-state index is 3.61. The molecule has 2 rings (SSSR count). The maximum atomic E-state index is 3.61. The Hall–Kier alpha value is -0.820. The Labute approximate surface area is 92.9 Å². The van der Waals surface area contributed by atoms with Gasteiger partial charge in [-0.3, -0.25) is 0 Å². The first-order chi connectivity index (χ1) is 7.08. The Kier molecular flexibility index (Phi) is 2.83. The molecule has 15 heavy (non-hydrogen) atoms. The number of rotatable bonds is 1. The lowest BCUT2D eigenvalue weighted by atomic mass is 9.93. The predicted octanol–water partition coefficient (Wildman–Crippen LogP) is 3.28. The zero-order valence-electron chi connectivity index (χ0n) is 10.2. The number of nitrogens with one attached hydrogen (secondary N) is 1. The molecule has 0 amide bonds. The molecule has 82 valence electrons. The third-order valence-corrected chi connectivity index (χ3v) is 3.61. The fourth-order valence-corrected chi connectivity index (χ4v) is 2.51. The van der Waals surface area contributed by atoms with Crippen LogP contribution in [0.15, 0.2) is 12.1 Å². The van der Waals surface area contributed by atoms with Crippen molar-refractivity contribution in [1.29, 1.82) is 0 Å². The van der Waals surface area contributed by atoms with Gasteiger partial charge in [-0.25, -0.2) is 0 Å². The number of hydrogen-bond donors (Lipinski definition) is 1. The lowest BCUT2D eigenvalue weighted by Crippen LogP contribution is -2.14. The highest BCUT2D eigenvalue weighted by atomic mass is 14.9. The first-order valence-corrected chi connectivity index (χ1v) is 5.89. The van der Waals surface area contributed by atoms with Crippen molar-refractivity contribution < 1.29 is 0 Å². The van der Waals surface area contributed by atoms with E-state index in [1.807, 2.05) is 0 Å². The molecular weight excluding hydrogens is 182 g/mol. The maximum Gasteiger partial charge on any atom is 0.0326 e. The summed E-state index contributed by atoms with van der Waals surface area (Å²) in [5.74, 6) is 0.816. The summed E-state index contributed by atoms with van der Waals surface area (Å²) in [6.07, 6.45) is 1.28. The molecule has 1 aliphatic heterocycles. The van der Waals surface area contributed by atoms with Crippen LogP contribution in [0.3, 0.4) is 0 Å². The van der Waals surface area contributed by atoms with Crippen molar-refractivity contribution in [2.24, 2.45) is 5.92 Å². The molecule has 0 bridgehead atoms. The highest BCUT2D eigenvalue weighted by Crippen LogP contribution is 2.30. The van der Waals surface area contributed by atoms with Crippen molar-refractivity contribution >= 4 is 0 Å². The molecule has 0 aromatic heterocycles. The molecule has 1 aliphatic rings. The summed E-state index contributed by atoms with van der Waals surface area (Å²) >= 11 is 0. The Morgan fingerprint density at radius 2 is 1.73 bits per heavy atom. The van der Waals surface area contributed by atoms with E-state index >= 15 is 0 Å². The monoisotopic (exact) mass is 203 g/mol. The SMILES string of the molecule is Cc1cc(C)c([C@H]2C[C@@H](C)CN2)cc1C. The summed E-state index contributed by atoms with van der Waals surface area (Å²) < 4.78 is 0. The van der Waals surface area contributed by atoms with Gasteiger partial charge in [-0.2, -0.15) is 0 Å². The lowest BCUT2D eigenvalue weighted by molar-refractivity contribution is 0.609. The molecule has 1 heteroatoms. The van der Waals surface area contributed by atoms with Gasteiger partial charge in [-0.05, 0) is 61.9 Å². The highest BCUT2D eigenvalue weighted by Gasteiger charge is 2.23. The summed E-state index contributed by atoms with van der Waals surface area (Å²) in [7, 11) is 0. The summed E-state index contributed by atoms with van der Waals surface area (Å²) in [5, 5.41) is 3.61. The lowest BCUT2D eigenvalue weighted by Gasteiger charge is -2.16. The van der Waals surface area contributed by atoms with Crippen LogP contribution in [0.25, 0.3) is 0 Å². The van der Waals surface area contributed by atoms with Crippen molar-refractivity contribution in [3.63, 3.8) is 0 Å². The Morgan fingerprint density at radius 1 is 1.07 bits per heavy atom. The molecule has 1 heterocycles. The van der Waals surface area contributed by atoms with Gasteiger partial charge < -0.3 is 5.32 Å². The summed E-state index contributed by atoms with van der Waals surface area (Å²) in [5.41, 5.74) is 5.76. The topological polar surface area (TPSA) is 12.0 Å². The van der Waals surface area contributed by atoms with E-state index in [1.165, 1.54) is 28.7 Å². The third kappa shape index (κ3) is 2.07. The van der Waals surface area contributed by atoms with Crippen LogP contribution in [-0.2, 0) is 0 Å². The normalized spacial score (nSPS) is 25.9. The van der Waals surface area contributed by atoms with Gasteiger partial charge in [0.15, 0.2) is 0 Å². The van der Waals surface area contributed by atoms with E-state index in [2.05, 4.69) is 45.1 Å². The van der Waals surface area contributed by atoms with Crippen molar-refractivity contribution in [3.8, 4) is 0 Å². The smallest absolute Gasteiger partial charge is 0.0326 e. The number of hydrogen-bond acceptors (Lipinski definition) is 1. The molecule has 0 radical (unpaired) electrons. The van der Waals surface area contributed by atoms with Crippen molar-refractivity contribution in [2.45, 2.75) is 40.2 Å². The van der Waals surface area contributed by atoms with Crippen LogP contribution in [0.5, 0.6) is 0 Å². The standard InChI is InChI=1S/C14H21N/c1-9-5-14(15-8-9)13-7-11(3)10(2)6-12(13)4/h6-7,9,14-15H,5,8H2,1-4H3/t9-,14-/m1/s1. The second-order valence-corrected chi connectivity index (χ2v) is 5.09. The molecule has 1 aromatic carbocycles. The van der Waals surface area contributed by atoms with Gasteiger partial charge >= 0.3 is 0 Å². The molecule has 1 N–H and O–H groups in total. The number of aryl methyl sites for hydroxylation is 3. The van der Waals surface area contributed by atoms with Crippen LogP contribution in [0.4, 0.5) is 0 Å². The van der Waals surface area contributed by atoms with Crippen LogP contribution in [0.2, 0.25) is 0 Å². The minimum absolute atomic E-state index is 0.583. The molecule has 1 aromatic rings. The average Bonchev–Trinajstić information content (AvgIpc) is 2.58. The van der Waals surface area contributed by atoms with Gasteiger partial charge in [0, 0.05) is 6.04 Å². The largest absolute Gasteiger partial charge is 0.310 e. The van der Waals surface area contributed by atoms with Crippen LogP contribution < -0.4 is 5.32 Å². The quantitative estimate of drug-likeness (QED) is 0.738. The van der Waals surface area contributed by atoms with Crippen molar-refractivity contribution in [1.82, 2.24) is 5.32 Å². The Morgan fingerprint density at radius 3 is 2.33 bits per heavy atom. The molecule has 0 unspecified atom stereocenters. The zero-order valence-corrected chi connectivity index (χ0v) is 10.2. The summed E-state index contributed by atoms with van der Waals surface area (Å²) in [4.78, 5) is 0. The molecule has 1 saturated heterocycles. The van der Waals surface area contributed by atoms with E-state index in [-0.39, 0.29) is 0 Å². The van der Waals surface area contributed by atoms with E-state index < -0.39 is 0 Å². The van der Waals surface area contributed by atoms with Crippen LogP contribution >= 0.6 is 0 Å². The van der Waals surface area contributed by atoms with Gasteiger partial charge in [0.2, 0.25) is 0 Å². The third-order valence-electron chi connectivity index (χ3n) is 3.61. The highest BCUT2D eigenvalue weighted by molar-refractivity contribution is 5.38. The molecule has 1 nitrogen and oxygen atoms in total.